The summed E-state index contributed by atoms with van der Waals surface area (Å²) in [6.07, 6.45) is 1.42. The van der Waals surface area contributed by atoms with Gasteiger partial charge in [-0.25, -0.2) is 4.79 Å². The SMILES string of the molecule is C[Si](C)Oc1c(C(C)(C)C)ccoc1=O. The first-order valence-corrected chi connectivity index (χ1v) is 7.33. The van der Waals surface area contributed by atoms with E-state index in [-0.39, 0.29) is 11.0 Å². The average molecular weight is 225 g/mol. The summed E-state index contributed by atoms with van der Waals surface area (Å²) in [6, 6.07) is 1.81. The molecule has 0 aromatic carbocycles. The lowest BCUT2D eigenvalue weighted by Gasteiger charge is -2.22. The van der Waals surface area contributed by atoms with Gasteiger partial charge in [0.05, 0.1) is 6.26 Å². The molecule has 0 saturated carbocycles. The highest BCUT2D eigenvalue weighted by molar-refractivity contribution is 6.49. The number of hydrogen-bond acceptors (Lipinski definition) is 3. The van der Waals surface area contributed by atoms with Crippen LogP contribution in [0.1, 0.15) is 26.3 Å². The first-order chi connectivity index (χ1) is 6.82. The van der Waals surface area contributed by atoms with Crippen LogP contribution in [-0.2, 0) is 5.41 Å². The summed E-state index contributed by atoms with van der Waals surface area (Å²) in [5.74, 6) is 0.379. The molecule has 1 radical (unpaired) electrons. The van der Waals surface area contributed by atoms with Crippen LogP contribution >= 0.6 is 0 Å². The third-order valence-electron chi connectivity index (χ3n) is 1.95. The molecule has 1 aromatic rings. The molecule has 1 aromatic heterocycles. The molecule has 0 aliphatic heterocycles. The summed E-state index contributed by atoms with van der Waals surface area (Å²) >= 11 is 0. The van der Waals surface area contributed by atoms with Crippen LogP contribution in [0.2, 0.25) is 13.1 Å². The van der Waals surface area contributed by atoms with E-state index in [1.54, 1.807) is 0 Å². The third-order valence-corrected chi connectivity index (χ3v) is 2.57. The van der Waals surface area contributed by atoms with Gasteiger partial charge in [0.15, 0.2) is 5.75 Å². The van der Waals surface area contributed by atoms with Crippen LogP contribution in [0.25, 0.3) is 0 Å². The second-order valence-corrected chi connectivity index (χ2v) is 6.73. The fourth-order valence-electron chi connectivity index (χ4n) is 1.29. The Hall–Kier alpha value is -1.03. The molecule has 0 N–H and O–H groups in total. The van der Waals surface area contributed by atoms with E-state index in [4.69, 9.17) is 8.84 Å². The van der Waals surface area contributed by atoms with Gasteiger partial charge in [-0.3, -0.25) is 0 Å². The third kappa shape index (κ3) is 2.96. The Kier molecular flexibility index (Phi) is 3.39. The molecular weight excluding hydrogens is 208 g/mol. The van der Waals surface area contributed by atoms with Crippen molar-refractivity contribution in [2.24, 2.45) is 0 Å². The van der Waals surface area contributed by atoms with Gasteiger partial charge in [0, 0.05) is 5.56 Å². The second kappa shape index (κ2) is 4.22. The van der Waals surface area contributed by atoms with E-state index >= 15 is 0 Å². The van der Waals surface area contributed by atoms with E-state index in [9.17, 15) is 4.79 Å². The van der Waals surface area contributed by atoms with Crippen molar-refractivity contribution in [2.45, 2.75) is 39.3 Å². The van der Waals surface area contributed by atoms with E-state index < -0.39 is 9.04 Å². The molecule has 1 heterocycles. The van der Waals surface area contributed by atoms with Gasteiger partial charge in [-0.1, -0.05) is 20.8 Å². The Morgan fingerprint density at radius 1 is 1.33 bits per heavy atom. The van der Waals surface area contributed by atoms with Crippen LogP contribution < -0.4 is 10.1 Å². The maximum absolute atomic E-state index is 11.5. The zero-order valence-electron chi connectivity index (χ0n) is 9.88. The van der Waals surface area contributed by atoms with Crippen molar-refractivity contribution >= 4 is 9.04 Å². The predicted molar refractivity (Wildman–Crippen MR) is 61.8 cm³/mol. The predicted octanol–water partition coefficient (Wildman–Crippen LogP) is 2.57. The Labute approximate surface area is 91.8 Å². The van der Waals surface area contributed by atoms with Gasteiger partial charge in [0.25, 0.3) is 9.04 Å². The van der Waals surface area contributed by atoms with Gasteiger partial charge in [-0.05, 0) is 24.6 Å². The van der Waals surface area contributed by atoms with E-state index in [1.807, 2.05) is 39.9 Å². The van der Waals surface area contributed by atoms with E-state index in [2.05, 4.69) is 0 Å². The average Bonchev–Trinajstić information content (AvgIpc) is 2.05. The molecule has 0 saturated heterocycles. The highest BCUT2D eigenvalue weighted by atomic mass is 28.3. The van der Waals surface area contributed by atoms with Gasteiger partial charge in [0.2, 0.25) is 0 Å². The Morgan fingerprint density at radius 3 is 2.40 bits per heavy atom. The highest BCUT2D eigenvalue weighted by Gasteiger charge is 2.22. The van der Waals surface area contributed by atoms with E-state index in [0.29, 0.717) is 5.75 Å². The standard InChI is InChI=1S/C11H17O3Si/c1-11(2,3)8-6-7-13-10(12)9(8)14-15(4)5/h6-7H,1-5H3. The van der Waals surface area contributed by atoms with Crippen LogP contribution in [0.3, 0.4) is 0 Å². The van der Waals surface area contributed by atoms with Crippen LogP contribution in [0.15, 0.2) is 21.5 Å². The minimum Gasteiger partial charge on any atom is -0.538 e. The zero-order chi connectivity index (χ0) is 11.6. The minimum absolute atomic E-state index is 0.109. The zero-order valence-corrected chi connectivity index (χ0v) is 10.9. The van der Waals surface area contributed by atoms with Crippen LogP contribution in [0.4, 0.5) is 0 Å². The summed E-state index contributed by atoms with van der Waals surface area (Å²) in [7, 11) is -0.951. The van der Waals surface area contributed by atoms with Crippen molar-refractivity contribution in [2.75, 3.05) is 0 Å². The molecular formula is C11H17O3Si. The van der Waals surface area contributed by atoms with Crippen molar-refractivity contribution < 1.29 is 8.84 Å². The summed E-state index contributed by atoms with van der Waals surface area (Å²) in [6.45, 7) is 10.1. The normalized spacial score (nSPS) is 11.9. The second-order valence-electron chi connectivity index (χ2n) is 4.71. The molecule has 3 nitrogen and oxygen atoms in total. The van der Waals surface area contributed by atoms with Crippen LogP contribution in [-0.4, -0.2) is 9.04 Å². The Morgan fingerprint density at radius 2 is 1.93 bits per heavy atom. The molecule has 0 bridgehead atoms. The van der Waals surface area contributed by atoms with Gasteiger partial charge in [-0.2, -0.15) is 0 Å². The largest absolute Gasteiger partial charge is 0.538 e. The van der Waals surface area contributed by atoms with Crippen molar-refractivity contribution in [3.63, 3.8) is 0 Å². The van der Waals surface area contributed by atoms with Crippen molar-refractivity contribution in [1.82, 2.24) is 0 Å². The van der Waals surface area contributed by atoms with Crippen LogP contribution in [0, 0.1) is 0 Å². The molecule has 0 amide bonds. The molecule has 0 aliphatic rings. The molecule has 0 spiro atoms. The molecule has 15 heavy (non-hydrogen) atoms. The van der Waals surface area contributed by atoms with E-state index in [1.165, 1.54) is 6.26 Å². The van der Waals surface area contributed by atoms with Crippen molar-refractivity contribution in [1.29, 1.82) is 0 Å². The van der Waals surface area contributed by atoms with Crippen LogP contribution in [0.5, 0.6) is 5.75 Å². The fraction of sp³-hybridized carbons (Fsp3) is 0.545. The minimum atomic E-state index is -0.951. The summed E-state index contributed by atoms with van der Waals surface area (Å²) in [4.78, 5) is 11.5. The molecule has 0 aliphatic carbocycles. The quantitative estimate of drug-likeness (QED) is 0.726. The monoisotopic (exact) mass is 225 g/mol. The molecule has 4 heteroatoms. The lowest BCUT2D eigenvalue weighted by molar-refractivity contribution is 0.437. The molecule has 0 atom stereocenters. The topological polar surface area (TPSA) is 39.4 Å². The lowest BCUT2D eigenvalue weighted by Crippen LogP contribution is -2.23. The van der Waals surface area contributed by atoms with Gasteiger partial charge >= 0.3 is 5.63 Å². The maximum Gasteiger partial charge on any atom is 0.377 e. The van der Waals surface area contributed by atoms with Gasteiger partial charge < -0.3 is 8.84 Å². The smallest absolute Gasteiger partial charge is 0.377 e. The first-order valence-electron chi connectivity index (χ1n) is 4.92. The number of rotatable bonds is 2. The van der Waals surface area contributed by atoms with Crippen molar-refractivity contribution in [3.8, 4) is 5.75 Å². The Balaban J connectivity index is 3.27. The fourth-order valence-corrected chi connectivity index (χ4v) is 1.90. The molecule has 0 unspecified atom stereocenters. The number of hydrogen-bond donors (Lipinski definition) is 0. The molecule has 83 valence electrons. The molecule has 0 fully saturated rings. The summed E-state index contributed by atoms with van der Waals surface area (Å²) in [5, 5.41) is 0. The summed E-state index contributed by atoms with van der Waals surface area (Å²) in [5.41, 5.74) is 0.418. The molecule has 1 rings (SSSR count). The van der Waals surface area contributed by atoms with Gasteiger partial charge in [-0.15, -0.1) is 0 Å². The van der Waals surface area contributed by atoms with Gasteiger partial charge in [0.1, 0.15) is 0 Å². The first kappa shape index (κ1) is 12.0. The maximum atomic E-state index is 11.5. The summed E-state index contributed by atoms with van der Waals surface area (Å²) < 4.78 is 10.4. The highest BCUT2D eigenvalue weighted by Crippen LogP contribution is 2.28. The Bertz CT molecular complexity index is 388. The lowest BCUT2D eigenvalue weighted by atomic mass is 9.87. The van der Waals surface area contributed by atoms with E-state index in [0.717, 1.165) is 5.56 Å². The van der Waals surface area contributed by atoms with Crippen molar-refractivity contribution in [3.05, 3.63) is 28.3 Å².